The van der Waals surface area contributed by atoms with Crippen molar-refractivity contribution in [3.05, 3.63) is 177 Å². The first-order chi connectivity index (χ1) is 28.9. The number of hydrogen-bond donors (Lipinski definition) is 3. The number of morpholine rings is 1. The van der Waals surface area contributed by atoms with E-state index in [4.69, 9.17) is 14.7 Å². The third-order valence-corrected chi connectivity index (χ3v) is 10.0. The van der Waals surface area contributed by atoms with E-state index in [1.54, 1.807) is 12.1 Å². The van der Waals surface area contributed by atoms with Crippen molar-refractivity contribution in [1.29, 1.82) is 0 Å². The molecule has 5 heterocycles. The number of aryl methyl sites for hydroxylation is 2. The van der Waals surface area contributed by atoms with Crippen LogP contribution in [0.5, 0.6) is 0 Å². The van der Waals surface area contributed by atoms with E-state index < -0.39 is 0 Å². The van der Waals surface area contributed by atoms with Gasteiger partial charge in [-0.1, -0.05) is 72.8 Å². The van der Waals surface area contributed by atoms with E-state index in [1.807, 2.05) is 163 Å². The minimum absolute atomic E-state index is 0.0467. The molecule has 0 unspecified atom stereocenters. The Morgan fingerprint density at radius 2 is 1.02 bits per heavy atom. The zero-order valence-corrected chi connectivity index (χ0v) is 33.4. The van der Waals surface area contributed by atoms with Crippen molar-refractivity contribution in [2.75, 3.05) is 53.7 Å². The summed E-state index contributed by atoms with van der Waals surface area (Å²) in [6.45, 7) is 9.49. The maximum Gasteiger partial charge on any atom is 0.195 e. The van der Waals surface area contributed by atoms with Gasteiger partial charge in [-0.3, -0.25) is 18.7 Å². The number of rotatable bonds is 9. The number of benzene rings is 4. The Morgan fingerprint density at radius 3 is 1.51 bits per heavy atom. The molecule has 3 N–H and O–H groups in total. The molecule has 1 saturated heterocycles. The van der Waals surface area contributed by atoms with Gasteiger partial charge < -0.3 is 25.6 Å². The fourth-order valence-electron chi connectivity index (χ4n) is 7.43. The van der Waals surface area contributed by atoms with Crippen molar-refractivity contribution in [2.45, 2.75) is 20.8 Å². The highest BCUT2D eigenvalue weighted by Gasteiger charge is 2.21. The second-order valence-corrected chi connectivity index (χ2v) is 14.2. The van der Waals surface area contributed by atoms with E-state index in [1.165, 1.54) is 0 Å². The van der Waals surface area contributed by atoms with Crippen molar-refractivity contribution < 1.29 is 4.74 Å². The third kappa shape index (κ3) is 8.41. The van der Waals surface area contributed by atoms with E-state index in [9.17, 15) is 9.59 Å². The maximum absolute atomic E-state index is 13.4. The van der Waals surface area contributed by atoms with Crippen LogP contribution in [0.2, 0.25) is 0 Å². The largest absolute Gasteiger partial charge is 0.385 e. The van der Waals surface area contributed by atoms with Crippen molar-refractivity contribution in [3.8, 4) is 11.4 Å². The second kappa shape index (κ2) is 17.5. The van der Waals surface area contributed by atoms with Crippen LogP contribution in [0.25, 0.3) is 33.4 Å². The highest BCUT2D eigenvalue weighted by molar-refractivity contribution is 5.93. The van der Waals surface area contributed by atoms with Gasteiger partial charge in [-0.25, -0.2) is 9.97 Å². The minimum atomic E-state index is -0.0657. The number of para-hydroxylation sites is 4. The summed E-state index contributed by atoms with van der Waals surface area (Å²) in [6.07, 6.45) is 0. The minimum Gasteiger partial charge on any atom is -0.385 e. The monoisotopic (exact) mass is 782 g/mol. The molecule has 4 aromatic heterocycles. The Hall–Kier alpha value is -7.24. The summed E-state index contributed by atoms with van der Waals surface area (Å²) in [7, 11) is 0. The normalized spacial score (nSPS) is 12.5. The van der Waals surface area contributed by atoms with Gasteiger partial charge in [0.2, 0.25) is 0 Å². The van der Waals surface area contributed by atoms with Crippen LogP contribution in [0.3, 0.4) is 0 Å². The molecule has 8 aromatic rings. The molecular formula is C48H46N8O3. The Morgan fingerprint density at radius 1 is 0.576 bits per heavy atom. The number of aromatic nitrogens is 4. The zero-order valence-electron chi connectivity index (χ0n) is 33.4. The lowest BCUT2D eigenvalue weighted by Crippen LogP contribution is -2.37. The van der Waals surface area contributed by atoms with Gasteiger partial charge in [0, 0.05) is 65.9 Å². The van der Waals surface area contributed by atoms with Gasteiger partial charge in [0.05, 0.1) is 35.4 Å². The van der Waals surface area contributed by atoms with Crippen LogP contribution in [-0.2, 0) is 4.74 Å². The summed E-state index contributed by atoms with van der Waals surface area (Å²) in [6, 6.07) is 46.9. The standard InChI is InChI=1S/C25H24N4O2.C23H22N4O/c1-18-16-21(28-12-14-31-15-13-28)24-22(30)17-23(27-19-8-4-2-5-9-19)29(25(24)26-18)20-10-6-3-7-11-20;1-3-24-19-14-16(2)25-23-22(19)20(28)15-21(26-17-10-6-4-7-11-17)27(23)18-12-8-5-9-13-18/h2-11,16-17,27H,12-15H2,1H3;4-15,26H,3H2,1-2H3,(H,24,25). The summed E-state index contributed by atoms with van der Waals surface area (Å²) in [5.74, 6) is 1.36. The van der Waals surface area contributed by atoms with Crippen LogP contribution in [0.4, 0.5) is 34.4 Å². The molecule has 296 valence electrons. The lowest BCUT2D eigenvalue weighted by molar-refractivity contribution is 0.123. The van der Waals surface area contributed by atoms with Gasteiger partial charge >= 0.3 is 0 Å². The second-order valence-electron chi connectivity index (χ2n) is 14.2. The highest BCUT2D eigenvalue weighted by Crippen LogP contribution is 2.31. The average Bonchev–Trinajstić information content (AvgIpc) is 3.25. The third-order valence-electron chi connectivity index (χ3n) is 10.0. The van der Waals surface area contributed by atoms with Crippen LogP contribution in [-0.4, -0.2) is 52.0 Å². The van der Waals surface area contributed by atoms with E-state index in [0.29, 0.717) is 46.9 Å². The summed E-state index contributed by atoms with van der Waals surface area (Å²) in [5, 5.41) is 11.3. The molecule has 11 heteroatoms. The predicted molar refractivity (Wildman–Crippen MR) is 241 cm³/mol. The topological polar surface area (TPSA) is 118 Å². The number of ether oxygens (including phenoxy) is 1. The Balaban J connectivity index is 0.000000165. The average molecular weight is 783 g/mol. The Labute approximate surface area is 342 Å². The molecule has 1 aliphatic rings. The van der Waals surface area contributed by atoms with E-state index in [0.717, 1.165) is 65.1 Å². The first-order valence-electron chi connectivity index (χ1n) is 19.8. The zero-order chi connectivity index (χ0) is 40.7. The summed E-state index contributed by atoms with van der Waals surface area (Å²) in [4.78, 5) is 38.2. The fraction of sp³-hybridized carbons (Fsp3) is 0.167. The SMILES string of the molecule is CCNc1cc(C)nc2c1c(=O)cc(Nc1ccccc1)n2-c1ccccc1.Cc1cc(N2CCOCC2)c2c(=O)cc(Nc3ccccc3)n(-c3ccccc3)c2n1. The van der Waals surface area contributed by atoms with Crippen molar-refractivity contribution in [3.63, 3.8) is 0 Å². The van der Waals surface area contributed by atoms with Crippen LogP contribution in [0.15, 0.2) is 155 Å². The molecule has 0 spiro atoms. The number of pyridine rings is 4. The first-order valence-corrected chi connectivity index (χ1v) is 19.8. The van der Waals surface area contributed by atoms with E-state index >= 15 is 0 Å². The number of anilines is 6. The molecule has 59 heavy (non-hydrogen) atoms. The van der Waals surface area contributed by atoms with Crippen LogP contribution in [0, 0.1) is 13.8 Å². The van der Waals surface area contributed by atoms with Crippen molar-refractivity contribution >= 4 is 56.5 Å². The molecule has 9 rings (SSSR count). The lowest BCUT2D eigenvalue weighted by Gasteiger charge is -2.30. The molecule has 0 aliphatic carbocycles. The fourth-order valence-corrected chi connectivity index (χ4v) is 7.43. The van der Waals surface area contributed by atoms with Crippen LogP contribution in [0.1, 0.15) is 18.3 Å². The molecule has 1 fully saturated rings. The van der Waals surface area contributed by atoms with Crippen LogP contribution >= 0.6 is 0 Å². The van der Waals surface area contributed by atoms with Crippen molar-refractivity contribution in [2.24, 2.45) is 0 Å². The van der Waals surface area contributed by atoms with Gasteiger partial charge in [-0.05, 0) is 81.4 Å². The van der Waals surface area contributed by atoms with E-state index in [-0.39, 0.29) is 10.9 Å². The van der Waals surface area contributed by atoms with Crippen LogP contribution < -0.4 is 31.7 Å². The molecule has 0 bridgehead atoms. The molecule has 0 amide bonds. The maximum atomic E-state index is 13.4. The van der Waals surface area contributed by atoms with Gasteiger partial charge in [0.15, 0.2) is 22.2 Å². The summed E-state index contributed by atoms with van der Waals surface area (Å²) in [5.41, 5.74) is 8.32. The highest BCUT2D eigenvalue weighted by atomic mass is 16.5. The Bertz CT molecular complexity index is 2820. The number of nitrogens with zero attached hydrogens (tertiary/aromatic N) is 5. The number of fused-ring (bicyclic) bond motifs is 2. The number of hydrogen-bond acceptors (Lipinski definition) is 9. The predicted octanol–water partition coefficient (Wildman–Crippen LogP) is 9.14. The lowest BCUT2D eigenvalue weighted by atomic mass is 10.1. The van der Waals surface area contributed by atoms with E-state index in [2.05, 4.69) is 20.9 Å². The molecular weight excluding hydrogens is 737 g/mol. The van der Waals surface area contributed by atoms with Gasteiger partial charge in [0.25, 0.3) is 0 Å². The first kappa shape index (κ1) is 38.6. The summed E-state index contributed by atoms with van der Waals surface area (Å²) >= 11 is 0. The smallest absolute Gasteiger partial charge is 0.195 e. The summed E-state index contributed by atoms with van der Waals surface area (Å²) < 4.78 is 9.55. The Kier molecular flexibility index (Phi) is 11.5. The molecule has 1 aliphatic heterocycles. The van der Waals surface area contributed by atoms with Gasteiger partial charge in [-0.2, -0.15) is 0 Å². The molecule has 0 atom stereocenters. The molecule has 0 radical (unpaired) electrons. The quantitative estimate of drug-likeness (QED) is 0.132. The molecule has 0 saturated carbocycles. The molecule has 11 nitrogen and oxygen atoms in total. The number of nitrogens with one attached hydrogen (secondary N) is 3. The van der Waals surface area contributed by atoms with Gasteiger partial charge in [-0.15, -0.1) is 0 Å². The molecule has 4 aromatic carbocycles. The van der Waals surface area contributed by atoms with Gasteiger partial charge in [0.1, 0.15) is 11.6 Å². The van der Waals surface area contributed by atoms with Crippen molar-refractivity contribution in [1.82, 2.24) is 19.1 Å².